The van der Waals surface area contributed by atoms with Crippen LogP contribution in [0.25, 0.3) is 0 Å². The number of nitrogens with zero attached hydrogens (tertiary/aromatic N) is 4. The molecule has 7 nitrogen and oxygen atoms in total. The van der Waals surface area contributed by atoms with Crippen molar-refractivity contribution >= 4 is 10.0 Å². The zero-order chi connectivity index (χ0) is 15.6. The second-order valence-corrected chi connectivity index (χ2v) is 6.94. The van der Waals surface area contributed by atoms with Crippen molar-refractivity contribution < 1.29 is 13.2 Å². The van der Waals surface area contributed by atoms with Gasteiger partial charge in [0.2, 0.25) is 10.0 Å². The van der Waals surface area contributed by atoms with Crippen LogP contribution < -0.4 is 4.74 Å². The summed E-state index contributed by atoms with van der Waals surface area (Å²) in [6.45, 7) is 3.08. The fourth-order valence-corrected chi connectivity index (χ4v) is 4.23. The van der Waals surface area contributed by atoms with Gasteiger partial charge in [0.05, 0.1) is 25.0 Å². The van der Waals surface area contributed by atoms with E-state index in [1.54, 1.807) is 41.5 Å². The van der Waals surface area contributed by atoms with Crippen molar-refractivity contribution in [3.05, 3.63) is 36.7 Å². The van der Waals surface area contributed by atoms with E-state index in [1.165, 1.54) is 4.31 Å². The lowest BCUT2D eigenvalue weighted by atomic mass is 10.3. The molecule has 22 heavy (non-hydrogen) atoms. The predicted molar refractivity (Wildman–Crippen MR) is 80.0 cm³/mol. The molecule has 1 atom stereocenters. The average Bonchev–Trinajstić information content (AvgIpc) is 3.19. The molecule has 0 aliphatic carbocycles. The highest BCUT2D eigenvalue weighted by atomic mass is 32.2. The fourth-order valence-electron chi connectivity index (χ4n) is 2.61. The molecule has 2 aromatic rings. The first-order valence-corrected chi connectivity index (χ1v) is 8.64. The highest BCUT2D eigenvalue weighted by Crippen LogP contribution is 2.31. The smallest absolute Gasteiger partial charge is 0.246 e. The molecule has 0 amide bonds. The minimum Gasteiger partial charge on any atom is -0.492 e. The third-order valence-corrected chi connectivity index (χ3v) is 5.56. The molecule has 1 aromatic heterocycles. The van der Waals surface area contributed by atoms with Gasteiger partial charge in [-0.1, -0.05) is 12.1 Å². The molecule has 1 fully saturated rings. The van der Waals surface area contributed by atoms with Gasteiger partial charge >= 0.3 is 0 Å². The zero-order valence-corrected chi connectivity index (χ0v) is 13.1. The van der Waals surface area contributed by atoms with Crippen molar-refractivity contribution in [1.29, 1.82) is 0 Å². The first-order valence-electron chi connectivity index (χ1n) is 7.20. The quantitative estimate of drug-likeness (QED) is 0.829. The number of hydrogen-bond donors (Lipinski definition) is 0. The van der Waals surface area contributed by atoms with Crippen molar-refractivity contribution in [3.63, 3.8) is 0 Å². The Morgan fingerprint density at radius 3 is 2.73 bits per heavy atom. The molecule has 8 heteroatoms. The van der Waals surface area contributed by atoms with Crippen LogP contribution >= 0.6 is 0 Å². The lowest BCUT2D eigenvalue weighted by molar-refractivity contribution is 0.329. The van der Waals surface area contributed by atoms with Gasteiger partial charge in [0.1, 0.15) is 10.6 Å². The molecule has 1 aromatic carbocycles. The summed E-state index contributed by atoms with van der Waals surface area (Å²) in [6.07, 6.45) is 3.90. The standard InChI is InChI=1S/C14H18N4O3S/c1-2-21-13-5-3-4-6-14(13)22(19,20)17-10-7-12(11-17)18-15-8-9-16-18/h3-6,8-9,12H,2,7,10-11H2,1H3. The third kappa shape index (κ3) is 2.71. The number of sulfonamides is 1. The van der Waals surface area contributed by atoms with Gasteiger partial charge in [-0.2, -0.15) is 19.3 Å². The Balaban J connectivity index is 1.85. The van der Waals surface area contributed by atoms with Crippen LogP contribution in [0.3, 0.4) is 0 Å². The Morgan fingerprint density at radius 2 is 2.00 bits per heavy atom. The molecule has 1 saturated heterocycles. The monoisotopic (exact) mass is 322 g/mol. The first kappa shape index (κ1) is 15.0. The van der Waals surface area contributed by atoms with Gasteiger partial charge in [0.25, 0.3) is 0 Å². The number of aromatic nitrogens is 3. The molecule has 118 valence electrons. The SMILES string of the molecule is CCOc1ccccc1S(=O)(=O)N1CCC(n2nccn2)C1. The van der Waals surface area contributed by atoms with E-state index in [-0.39, 0.29) is 10.9 Å². The maximum Gasteiger partial charge on any atom is 0.246 e. The van der Waals surface area contributed by atoms with Crippen LogP contribution in [0, 0.1) is 0 Å². The van der Waals surface area contributed by atoms with Crippen molar-refractivity contribution in [2.75, 3.05) is 19.7 Å². The van der Waals surface area contributed by atoms with Gasteiger partial charge < -0.3 is 4.74 Å². The summed E-state index contributed by atoms with van der Waals surface area (Å²) in [5.74, 6) is 0.394. The van der Waals surface area contributed by atoms with Gasteiger partial charge in [-0.05, 0) is 25.5 Å². The van der Waals surface area contributed by atoms with Crippen LogP contribution in [0.1, 0.15) is 19.4 Å². The fraction of sp³-hybridized carbons (Fsp3) is 0.429. The molecule has 0 N–H and O–H groups in total. The highest BCUT2D eigenvalue weighted by molar-refractivity contribution is 7.89. The Morgan fingerprint density at radius 1 is 1.27 bits per heavy atom. The summed E-state index contributed by atoms with van der Waals surface area (Å²) < 4.78 is 32.6. The summed E-state index contributed by atoms with van der Waals surface area (Å²) in [5, 5.41) is 8.19. The Kier molecular flexibility index (Phi) is 4.12. The minimum absolute atomic E-state index is 0.0240. The average molecular weight is 322 g/mol. The van der Waals surface area contributed by atoms with Crippen LogP contribution in [0.4, 0.5) is 0 Å². The molecule has 0 bridgehead atoms. The normalized spacial score (nSPS) is 19.4. The van der Waals surface area contributed by atoms with Gasteiger partial charge in [0, 0.05) is 13.1 Å². The maximum atomic E-state index is 12.8. The first-order chi connectivity index (χ1) is 10.6. The Bertz CT molecular complexity index is 730. The van der Waals surface area contributed by atoms with E-state index in [9.17, 15) is 8.42 Å². The molecule has 0 spiro atoms. The van der Waals surface area contributed by atoms with Crippen LogP contribution in [-0.2, 0) is 10.0 Å². The van der Waals surface area contributed by atoms with Crippen LogP contribution in [0.2, 0.25) is 0 Å². The van der Waals surface area contributed by atoms with Gasteiger partial charge in [-0.15, -0.1) is 0 Å². The van der Waals surface area contributed by atoms with E-state index in [0.29, 0.717) is 31.9 Å². The van der Waals surface area contributed by atoms with Crippen LogP contribution in [0.15, 0.2) is 41.6 Å². The van der Waals surface area contributed by atoms with Crippen molar-refractivity contribution in [3.8, 4) is 5.75 Å². The highest BCUT2D eigenvalue weighted by Gasteiger charge is 2.35. The van der Waals surface area contributed by atoms with Crippen LogP contribution in [-0.4, -0.2) is 47.4 Å². The molecule has 1 unspecified atom stereocenters. The van der Waals surface area contributed by atoms with Crippen molar-refractivity contribution in [2.45, 2.75) is 24.3 Å². The Labute approximate surface area is 129 Å². The van der Waals surface area contributed by atoms with Gasteiger partial charge in [-0.3, -0.25) is 0 Å². The number of ether oxygens (including phenoxy) is 1. The summed E-state index contributed by atoms with van der Waals surface area (Å²) >= 11 is 0. The second-order valence-electron chi connectivity index (χ2n) is 5.03. The molecular weight excluding hydrogens is 304 g/mol. The minimum atomic E-state index is -3.58. The van der Waals surface area contributed by atoms with E-state index in [2.05, 4.69) is 10.2 Å². The third-order valence-electron chi connectivity index (χ3n) is 3.66. The summed E-state index contributed by atoms with van der Waals surface area (Å²) in [4.78, 5) is 1.79. The predicted octanol–water partition coefficient (Wildman–Crippen LogP) is 1.31. The summed E-state index contributed by atoms with van der Waals surface area (Å²) in [7, 11) is -3.58. The number of para-hydroxylation sites is 1. The summed E-state index contributed by atoms with van der Waals surface area (Å²) in [5.41, 5.74) is 0. The number of rotatable bonds is 5. The summed E-state index contributed by atoms with van der Waals surface area (Å²) in [6, 6.07) is 6.71. The van der Waals surface area contributed by atoms with Gasteiger partial charge in [0.15, 0.2) is 0 Å². The maximum absolute atomic E-state index is 12.8. The number of benzene rings is 1. The molecule has 1 aliphatic rings. The van der Waals surface area contributed by atoms with E-state index in [4.69, 9.17) is 4.74 Å². The largest absolute Gasteiger partial charge is 0.492 e. The molecular formula is C14H18N4O3S. The number of hydrogen-bond acceptors (Lipinski definition) is 5. The molecule has 2 heterocycles. The topological polar surface area (TPSA) is 77.3 Å². The van der Waals surface area contributed by atoms with Crippen molar-refractivity contribution in [2.24, 2.45) is 0 Å². The second kappa shape index (κ2) is 6.05. The Hall–Kier alpha value is -1.93. The van der Waals surface area contributed by atoms with E-state index >= 15 is 0 Å². The van der Waals surface area contributed by atoms with Crippen LogP contribution in [0.5, 0.6) is 5.75 Å². The van der Waals surface area contributed by atoms with E-state index < -0.39 is 10.0 Å². The zero-order valence-electron chi connectivity index (χ0n) is 12.3. The van der Waals surface area contributed by atoms with Crippen molar-refractivity contribution in [1.82, 2.24) is 19.3 Å². The van der Waals surface area contributed by atoms with E-state index in [1.807, 2.05) is 6.92 Å². The molecule has 0 radical (unpaired) electrons. The lowest BCUT2D eigenvalue weighted by Crippen LogP contribution is -2.30. The molecule has 0 saturated carbocycles. The molecule has 1 aliphatic heterocycles. The van der Waals surface area contributed by atoms with Gasteiger partial charge in [-0.25, -0.2) is 8.42 Å². The van der Waals surface area contributed by atoms with E-state index in [0.717, 1.165) is 0 Å². The lowest BCUT2D eigenvalue weighted by Gasteiger charge is -2.18. The molecule has 3 rings (SSSR count).